The van der Waals surface area contributed by atoms with Crippen molar-refractivity contribution in [2.24, 2.45) is 29.1 Å². The van der Waals surface area contributed by atoms with Gasteiger partial charge < -0.3 is 20.4 Å². The predicted molar refractivity (Wildman–Crippen MR) is 314 cm³/mol. The molecule has 0 heterocycles. The van der Waals surface area contributed by atoms with E-state index in [1.807, 2.05) is 0 Å². The van der Waals surface area contributed by atoms with E-state index in [4.69, 9.17) is 0 Å². The highest BCUT2D eigenvalue weighted by atomic mass is 16.4. The summed E-state index contributed by atoms with van der Waals surface area (Å²) in [7, 11) is 0. The second-order valence-corrected chi connectivity index (χ2v) is 23.7. The largest absolute Gasteiger partial charge is 0.481 e. The number of carboxylic acids is 3. The van der Waals surface area contributed by atoms with E-state index in [1.54, 1.807) is 0 Å². The Hall–Kier alpha value is -1.63. The molecular formula is C66H128O7. The Morgan fingerprint density at radius 1 is 0.288 bits per heavy atom. The molecule has 4 N–H and O–H groups in total. The normalized spacial score (nSPS) is 15.2. The zero-order chi connectivity index (χ0) is 54.1. The van der Waals surface area contributed by atoms with Gasteiger partial charge in [0.2, 0.25) is 0 Å². The third-order valence-corrected chi connectivity index (χ3v) is 17.5. The lowest BCUT2D eigenvalue weighted by atomic mass is 9.48. The highest BCUT2D eigenvalue weighted by molar-refractivity contribution is 5.94. The van der Waals surface area contributed by atoms with Crippen LogP contribution in [0.15, 0.2) is 0 Å². The van der Waals surface area contributed by atoms with Gasteiger partial charge in [0, 0.05) is 0 Å². The van der Waals surface area contributed by atoms with E-state index in [-0.39, 0.29) is 0 Å². The van der Waals surface area contributed by atoms with Crippen molar-refractivity contribution in [2.45, 2.75) is 375 Å². The van der Waals surface area contributed by atoms with Gasteiger partial charge in [-0.1, -0.05) is 330 Å². The number of aliphatic hydroxyl groups is 1. The van der Waals surface area contributed by atoms with Crippen LogP contribution in [0.5, 0.6) is 0 Å². The van der Waals surface area contributed by atoms with Crippen molar-refractivity contribution in [3.05, 3.63) is 0 Å². The first-order valence-corrected chi connectivity index (χ1v) is 32.9. The lowest BCUT2D eigenvalue weighted by molar-refractivity contribution is -0.230. The van der Waals surface area contributed by atoms with Gasteiger partial charge in [-0.05, 0) is 56.3 Å². The fraction of sp³-hybridized carbons (Fsp3) is 0.955. The monoisotopic (exact) mass is 1030 g/mol. The molecule has 0 aliphatic carbocycles. The number of hydrogen-bond acceptors (Lipinski definition) is 4. The van der Waals surface area contributed by atoms with Crippen LogP contribution in [0, 0.1) is 29.1 Å². The van der Waals surface area contributed by atoms with Gasteiger partial charge >= 0.3 is 17.9 Å². The summed E-state index contributed by atoms with van der Waals surface area (Å²) in [5, 5.41) is 50.2. The summed E-state index contributed by atoms with van der Waals surface area (Å²) >= 11 is 0. The molecule has 0 saturated heterocycles. The Bertz CT molecular complexity index is 1190. The van der Waals surface area contributed by atoms with Crippen molar-refractivity contribution in [1.82, 2.24) is 0 Å². The maximum Gasteiger partial charge on any atom is 0.337 e. The van der Waals surface area contributed by atoms with Gasteiger partial charge in [0.25, 0.3) is 0 Å². The quantitative estimate of drug-likeness (QED) is 0.0446. The number of aliphatic carboxylic acids is 3. The minimum atomic E-state index is -2.99. The smallest absolute Gasteiger partial charge is 0.337 e. The van der Waals surface area contributed by atoms with E-state index in [1.165, 1.54) is 96.3 Å². The number of rotatable bonds is 59. The van der Waals surface area contributed by atoms with Crippen LogP contribution in [0.1, 0.15) is 369 Å². The lowest BCUT2D eigenvalue weighted by Crippen LogP contribution is -2.70. The SMILES string of the molecule is CCCCCCCCCCCC(CCCCCCCC)C(C(=O)O)C(O)(C(=O)O)C(C(=O)O)(C(CCCCCCCC)CCCCCCCCCCC)C(CCCCCCCC)CCCCCCCCCCC. The molecule has 0 spiro atoms. The molecule has 434 valence electrons. The second-order valence-electron chi connectivity index (χ2n) is 23.7. The molecule has 0 fully saturated rings. The topological polar surface area (TPSA) is 132 Å². The number of hydrogen-bond donors (Lipinski definition) is 4. The Labute approximate surface area is 454 Å². The van der Waals surface area contributed by atoms with Gasteiger partial charge in [-0.15, -0.1) is 0 Å². The maximum atomic E-state index is 15.2. The van der Waals surface area contributed by atoms with Crippen molar-refractivity contribution in [3.63, 3.8) is 0 Å². The second kappa shape index (κ2) is 49.9. The van der Waals surface area contributed by atoms with E-state index < -0.39 is 52.6 Å². The molecule has 0 bridgehead atoms. The maximum absolute atomic E-state index is 15.2. The van der Waals surface area contributed by atoms with Crippen molar-refractivity contribution >= 4 is 17.9 Å². The molecule has 0 aliphatic heterocycles. The number of carboxylic acid groups (broad SMARTS) is 3. The molecule has 0 aromatic carbocycles. The Morgan fingerprint density at radius 2 is 0.479 bits per heavy atom. The number of unbranched alkanes of at least 4 members (excludes halogenated alkanes) is 39. The van der Waals surface area contributed by atoms with E-state index >= 15 is 4.79 Å². The van der Waals surface area contributed by atoms with Gasteiger partial charge in [0.15, 0.2) is 5.60 Å². The van der Waals surface area contributed by atoms with Crippen LogP contribution in [0.4, 0.5) is 0 Å². The summed E-state index contributed by atoms with van der Waals surface area (Å²) in [5.74, 6) is -7.89. The molecule has 0 rings (SSSR count). The first-order valence-electron chi connectivity index (χ1n) is 32.9. The van der Waals surface area contributed by atoms with Crippen molar-refractivity contribution < 1.29 is 34.8 Å². The summed E-state index contributed by atoms with van der Waals surface area (Å²) in [6.07, 6.45) is 51.5. The minimum absolute atomic E-state index is 0.492. The van der Waals surface area contributed by atoms with E-state index in [0.717, 1.165) is 193 Å². The minimum Gasteiger partial charge on any atom is -0.481 e. The van der Waals surface area contributed by atoms with Crippen LogP contribution < -0.4 is 0 Å². The number of carbonyl (C=O) groups is 3. The zero-order valence-electron chi connectivity index (χ0n) is 49.9. The summed E-state index contributed by atoms with van der Waals surface area (Å²) in [6, 6.07) is 0. The molecule has 73 heavy (non-hydrogen) atoms. The lowest BCUT2D eigenvalue weighted by Gasteiger charge is -2.54. The van der Waals surface area contributed by atoms with Gasteiger partial charge in [-0.3, -0.25) is 9.59 Å². The first-order chi connectivity index (χ1) is 35.5. The van der Waals surface area contributed by atoms with E-state index in [0.29, 0.717) is 38.5 Å². The van der Waals surface area contributed by atoms with Crippen LogP contribution in [-0.4, -0.2) is 43.9 Å². The molecule has 0 aromatic rings. The van der Waals surface area contributed by atoms with Gasteiger partial charge in [0.1, 0.15) is 11.3 Å². The van der Waals surface area contributed by atoms with Crippen LogP contribution in [0.3, 0.4) is 0 Å². The van der Waals surface area contributed by atoms with Gasteiger partial charge in [-0.25, -0.2) is 4.79 Å². The first kappa shape index (κ1) is 71.4. The third-order valence-electron chi connectivity index (χ3n) is 17.5. The standard InChI is InChI=1S/C66H128O7/c1-7-13-19-25-31-34-37-41-47-53-58(52-46-40-28-22-16-10-4)61(62(67)68)66(73,64(71)72)65(63(69)70,59(54-48-42-29-23-17-11-5)56-50-44-38-35-32-26-20-14-8-2)60(55-49-43-30-24-18-12-6)57-51-45-39-36-33-27-21-15-9-3/h58-61,73H,7-57H2,1-6H3,(H,67,68)(H,69,70)(H,71,72). The molecule has 0 saturated carbocycles. The average Bonchev–Trinajstić information content (AvgIpc) is 3.37. The average molecular weight is 1030 g/mol. The highest BCUT2D eigenvalue weighted by Crippen LogP contribution is 2.58. The molecule has 0 aromatic heterocycles. The Kier molecular flexibility index (Phi) is 48.8. The van der Waals surface area contributed by atoms with Crippen LogP contribution in [-0.2, 0) is 14.4 Å². The third kappa shape index (κ3) is 31.4. The fourth-order valence-electron chi connectivity index (χ4n) is 13.1. The highest BCUT2D eigenvalue weighted by Gasteiger charge is 2.72. The fourth-order valence-corrected chi connectivity index (χ4v) is 13.1. The van der Waals surface area contributed by atoms with E-state index in [9.17, 15) is 30.0 Å². The van der Waals surface area contributed by atoms with Crippen LogP contribution in [0.25, 0.3) is 0 Å². The van der Waals surface area contributed by atoms with Crippen molar-refractivity contribution in [2.75, 3.05) is 0 Å². The van der Waals surface area contributed by atoms with E-state index in [2.05, 4.69) is 41.5 Å². The molecule has 0 aliphatic rings. The molecular weight excluding hydrogens is 905 g/mol. The van der Waals surface area contributed by atoms with Gasteiger partial charge in [-0.2, -0.15) is 0 Å². The Balaban J connectivity index is 7.85. The molecule has 5 unspecified atom stereocenters. The van der Waals surface area contributed by atoms with Crippen molar-refractivity contribution in [1.29, 1.82) is 0 Å². The molecule has 7 heteroatoms. The van der Waals surface area contributed by atoms with Crippen molar-refractivity contribution in [3.8, 4) is 0 Å². The Morgan fingerprint density at radius 3 is 0.658 bits per heavy atom. The molecule has 7 nitrogen and oxygen atoms in total. The van der Waals surface area contributed by atoms with Gasteiger partial charge in [0.05, 0.1) is 0 Å². The molecule has 5 atom stereocenters. The van der Waals surface area contributed by atoms with Crippen LogP contribution >= 0.6 is 0 Å². The zero-order valence-corrected chi connectivity index (χ0v) is 49.9. The predicted octanol–water partition coefficient (Wildman–Crippen LogP) is 21.4. The van der Waals surface area contributed by atoms with Crippen LogP contribution in [0.2, 0.25) is 0 Å². The summed E-state index contributed by atoms with van der Waals surface area (Å²) in [6.45, 7) is 13.3. The molecule has 0 amide bonds. The summed E-state index contributed by atoms with van der Waals surface area (Å²) < 4.78 is 0. The molecule has 0 radical (unpaired) electrons. The summed E-state index contributed by atoms with van der Waals surface area (Å²) in [5.41, 5.74) is -5.15. The summed E-state index contributed by atoms with van der Waals surface area (Å²) in [4.78, 5) is 44.4.